The molecule has 1 aliphatic heterocycles. The van der Waals surface area contributed by atoms with Crippen LogP contribution in [0.4, 0.5) is 0 Å². The number of hydrogen-bond donors (Lipinski definition) is 1. The van der Waals surface area contributed by atoms with Crippen molar-refractivity contribution in [1.29, 1.82) is 0 Å². The maximum atomic E-state index is 11.2. The Morgan fingerprint density at radius 1 is 1.24 bits per heavy atom. The second kappa shape index (κ2) is 6.10. The van der Waals surface area contributed by atoms with Gasteiger partial charge in [-0.05, 0) is 49.7 Å². The first-order valence-electron chi connectivity index (χ1n) is 7.33. The largest absolute Gasteiger partial charge is 0.369 e. The molecule has 0 spiro atoms. The number of rotatable bonds is 4. The number of nitrogens with two attached hydrogens (primary N) is 1. The summed E-state index contributed by atoms with van der Waals surface area (Å²) >= 11 is 0. The summed E-state index contributed by atoms with van der Waals surface area (Å²) in [6.45, 7) is 2.80. The normalized spacial score (nSPS) is 17.0. The number of primary amides is 1. The average Bonchev–Trinajstić information content (AvgIpc) is 3.03. The van der Waals surface area contributed by atoms with Crippen molar-refractivity contribution in [1.82, 2.24) is 14.7 Å². The second-order valence-corrected chi connectivity index (χ2v) is 5.57. The molecule has 2 N–H and O–H groups in total. The summed E-state index contributed by atoms with van der Waals surface area (Å²) in [5.41, 5.74) is 7.71. The van der Waals surface area contributed by atoms with E-state index >= 15 is 0 Å². The molecule has 1 saturated heterocycles. The highest BCUT2D eigenvalue weighted by Crippen LogP contribution is 2.19. The van der Waals surface area contributed by atoms with E-state index in [1.807, 2.05) is 16.9 Å². The first-order chi connectivity index (χ1) is 10.2. The topological polar surface area (TPSA) is 64.2 Å². The van der Waals surface area contributed by atoms with E-state index < -0.39 is 0 Å². The van der Waals surface area contributed by atoms with E-state index in [-0.39, 0.29) is 11.8 Å². The Morgan fingerprint density at radius 3 is 2.52 bits per heavy atom. The van der Waals surface area contributed by atoms with Crippen LogP contribution in [0.15, 0.2) is 42.7 Å². The number of piperidine rings is 1. The molecule has 0 bridgehead atoms. The fourth-order valence-corrected chi connectivity index (χ4v) is 2.81. The van der Waals surface area contributed by atoms with Crippen LogP contribution >= 0.6 is 0 Å². The van der Waals surface area contributed by atoms with Crippen molar-refractivity contribution in [3.05, 3.63) is 48.3 Å². The molecule has 1 amide bonds. The summed E-state index contributed by atoms with van der Waals surface area (Å²) in [6.07, 6.45) is 5.46. The smallest absolute Gasteiger partial charge is 0.220 e. The number of carbonyl (C=O) groups excluding carboxylic acids is 1. The SMILES string of the molecule is NC(=O)C1CCN(Cc2ccc(-n3cccn3)cc2)CC1. The zero-order valence-electron chi connectivity index (χ0n) is 12.0. The van der Waals surface area contributed by atoms with Crippen molar-refractivity contribution in [2.24, 2.45) is 11.7 Å². The number of hydrogen-bond acceptors (Lipinski definition) is 3. The van der Waals surface area contributed by atoms with Crippen LogP contribution in [0.25, 0.3) is 5.69 Å². The Bertz CT molecular complexity index is 583. The molecule has 0 atom stereocenters. The van der Waals surface area contributed by atoms with Crippen LogP contribution in [0.2, 0.25) is 0 Å². The van der Waals surface area contributed by atoms with Crippen molar-refractivity contribution in [2.45, 2.75) is 19.4 Å². The zero-order valence-corrected chi connectivity index (χ0v) is 12.0. The molecule has 1 aliphatic rings. The molecule has 1 fully saturated rings. The summed E-state index contributed by atoms with van der Waals surface area (Å²) in [6, 6.07) is 10.3. The third kappa shape index (κ3) is 3.31. The van der Waals surface area contributed by atoms with Gasteiger partial charge in [-0.3, -0.25) is 9.69 Å². The Morgan fingerprint density at radius 2 is 1.95 bits per heavy atom. The van der Waals surface area contributed by atoms with Gasteiger partial charge in [-0.2, -0.15) is 5.10 Å². The molecule has 21 heavy (non-hydrogen) atoms. The summed E-state index contributed by atoms with van der Waals surface area (Å²) in [7, 11) is 0. The van der Waals surface area contributed by atoms with Gasteiger partial charge in [0, 0.05) is 24.9 Å². The molecule has 2 heterocycles. The van der Waals surface area contributed by atoms with Crippen molar-refractivity contribution in [3.63, 3.8) is 0 Å². The van der Waals surface area contributed by atoms with Crippen molar-refractivity contribution < 1.29 is 4.79 Å². The van der Waals surface area contributed by atoms with Gasteiger partial charge in [0.15, 0.2) is 0 Å². The zero-order chi connectivity index (χ0) is 14.7. The van der Waals surface area contributed by atoms with Crippen molar-refractivity contribution >= 4 is 5.91 Å². The lowest BCUT2D eigenvalue weighted by atomic mass is 9.96. The predicted octanol–water partition coefficient (Wildman–Crippen LogP) is 1.57. The molecule has 0 unspecified atom stereocenters. The van der Waals surface area contributed by atoms with Gasteiger partial charge in [-0.1, -0.05) is 12.1 Å². The summed E-state index contributed by atoms with van der Waals surface area (Å²) in [4.78, 5) is 13.5. The van der Waals surface area contributed by atoms with Crippen LogP contribution < -0.4 is 5.73 Å². The minimum absolute atomic E-state index is 0.0587. The Kier molecular flexibility index (Phi) is 4.01. The number of nitrogens with zero attached hydrogens (tertiary/aromatic N) is 3. The van der Waals surface area contributed by atoms with Gasteiger partial charge in [-0.25, -0.2) is 4.68 Å². The maximum absolute atomic E-state index is 11.2. The second-order valence-electron chi connectivity index (χ2n) is 5.57. The third-order valence-corrected chi connectivity index (χ3v) is 4.10. The molecule has 5 heteroatoms. The Labute approximate surface area is 124 Å². The molecule has 1 aromatic heterocycles. The summed E-state index contributed by atoms with van der Waals surface area (Å²) in [5.74, 6) is -0.0957. The molecule has 110 valence electrons. The van der Waals surface area contributed by atoms with Crippen LogP contribution in [0.1, 0.15) is 18.4 Å². The fraction of sp³-hybridized carbons (Fsp3) is 0.375. The molecule has 2 aromatic rings. The van der Waals surface area contributed by atoms with Crippen LogP contribution in [-0.4, -0.2) is 33.7 Å². The van der Waals surface area contributed by atoms with Gasteiger partial charge in [0.25, 0.3) is 0 Å². The first kappa shape index (κ1) is 13.8. The van der Waals surface area contributed by atoms with Gasteiger partial charge in [-0.15, -0.1) is 0 Å². The molecule has 0 radical (unpaired) electrons. The fourth-order valence-electron chi connectivity index (χ4n) is 2.81. The molecular weight excluding hydrogens is 264 g/mol. The van der Waals surface area contributed by atoms with E-state index in [1.54, 1.807) is 6.20 Å². The van der Waals surface area contributed by atoms with E-state index in [2.05, 4.69) is 34.3 Å². The predicted molar refractivity (Wildman–Crippen MR) is 80.8 cm³/mol. The lowest BCUT2D eigenvalue weighted by Gasteiger charge is -2.30. The monoisotopic (exact) mass is 284 g/mol. The van der Waals surface area contributed by atoms with E-state index in [9.17, 15) is 4.79 Å². The highest BCUT2D eigenvalue weighted by Gasteiger charge is 2.22. The van der Waals surface area contributed by atoms with Crippen LogP contribution in [0, 0.1) is 5.92 Å². The van der Waals surface area contributed by atoms with Gasteiger partial charge < -0.3 is 5.73 Å². The lowest BCUT2D eigenvalue weighted by molar-refractivity contribution is -0.123. The summed E-state index contributed by atoms with van der Waals surface area (Å²) < 4.78 is 1.85. The van der Waals surface area contributed by atoms with Gasteiger partial charge >= 0.3 is 0 Å². The number of benzene rings is 1. The minimum Gasteiger partial charge on any atom is -0.369 e. The summed E-state index contributed by atoms with van der Waals surface area (Å²) in [5, 5.41) is 4.22. The van der Waals surface area contributed by atoms with Crippen LogP contribution in [0.5, 0.6) is 0 Å². The molecule has 0 aliphatic carbocycles. The number of carbonyl (C=O) groups is 1. The van der Waals surface area contributed by atoms with E-state index in [4.69, 9.17) is 5.73 Å². The Hall–Kier alpha value is -2.14. The number of amides is 1. The van der Waals surface area contributed by atoms with Crippen molar-refractivity contribution in [3.8, 4) is 5.69 Å². The standard InChI is InChI=1S/C16H20N4O/c17-16(21)14-6-10-19(11-7-14)12-13-2-4-15(5-3-13)20-9-1-8-18-20/h1-5,8-9,14H,6-7,10-12H2,(H2,17,21). The van der Waals surface area contributed by atoms with Crippen molar-refractivity contribution in [2.75, 3.05) is 13.1 Å². The third-order valence-electron chi connectivity index (χ3n) is 4.10. The highest BCUT2D eigenvalue weighted by molar-refractivity contribution is 5.76. The molecule has 3 rings (SSSR count). The lowest BCUT2D eigenvalue weighted by Crippen LogP contribution is -2.38. The van der Waals surface area contributed by atoms with Crippen LogP contribution in [-0.2, 0) is 11.3 Å². The molecule has 5 nitrogen and oxygen atoms in total. The quantitative estimate of drug-likeness (QED) is 0.927. The minimum atomic E-state index is -0.154. The van der Waals surface area contributed by atoms with E-state index in [0.717, 1.165) is 38.2 Å². The Balaban J connectivity index is 1.58. The van der Waals surface area contributed by atoms with E-state index in [1.165, 1.54) is 5.56 Å². The molecule has 0 saturated carbocycles. The first-order valence-corrected chi connectivity index (χ1v) is 7.33. The van der Waals surface area contributed by atoms with E-state index in [0.29, 0.717) is 0 Å². The van der Waals surface area contributed by atoms with Crippen LogP contribution in [0.3, 0.4) is 0 Å². The molecular formula is C16H20N4O. The average molecular weight is 284 g/mol. The van der Waals surface area contributed by atoms with Gasteiger partial charge in [0.1, 0.15) is 0 Å². The highest BCUT2D eigenvalue weighted by atomic mass is 16.1. The van der Waals surface area contributed by atoms with Gasteiger partial charge in [0.05, 0.1) is 5.69 Å². The van der Waals surface area contributed by atoms with Gasteiger partial charge in [0.2, 0.25) is 5.91 Å². The maximum Gasteiger partial charge on any atom is 0.220 e. The number of aromatic nitrogens is 2. The molecule has 1 aromatic carbocycles. The number of likely N-dealkylation sites (tertiary alicyclic amines) is 1.